The van der Waals surface area contributed by atoms with Gasteiger partial charge in [-0.3, -0.25) is 4.90 Å². The number of para-hydroxylation sites is 2. The fourth-order valence-corrected chi connectivity index (χ4v) is 3.75. The highest BCUT2D eigenvalue weighted by molar-refractivity contribution is 5.87. The molecule has 0 saturated heterocycles. The number of rotatable bonds is 14. The minimum absolute atomic E-state index is 0.0385. The first kappa shape index (κ1) is 26.2. The number of carboxylic acids is 1. The minimum atomic E-state index is -0.964. The van der Waals surface area contributed by atoms with Crippen molar-refractivity contribution in [3.05, 3.63) is 96.1 Å². The van der Waals surface area contributed by atoms with Crippen LogP contribution in [0.25, 0.3) is 0 Å². The van der Waals surface area contributed by atoms with Crippen molar-refractivity contribution in [3.63, 3.8) is 0 Å². The van der Waals surface area contributed by atoms with Crippen LogP contribution >= 0.6 is 0 Å². The normalized spacial score (nSPS) is 13.7. The van der Waals surface area contributed by atoms with Crippen LogP contribution in [-0.2, 0) is 6.42 Å². The number of carbonyl (C=O) groups is 1. The van der Waals surface area contributed by atoms with Crippen molar-refractivity contribution in [1.29, 1.82) is 0 Å². The molecule has 0 unspecified atom stereocenters. The molecule has 0 aromatic heterocycles. The zero-order chi connectivity index (χ0) is 25.0. The van der Waals surface area contributed by atoms with Crippen LogP contribution in [0.3, 0.4) is 0 Å². The quantitative estimate of drug-likeness (QED) is 0.325. The summed E-state index contributed by atoms with van der Waals surface area (Å²) in [6.07, 6.45) is -0.915. The summed E-state index contributed by atoms with van der Waals surface area (Å²) in [6.45, 7) is 2.85. The van der Waals surface area contributed by atoms with E-state index in [0.717, 1.165) is 5.56 Å². The van der Waals surface area contributed by atoms with Crippen molar-refractivity contribution in [2.75, 3.05) is 26.3 Å². The van der Waals surface area contributed by atoms with Gasteiger partial charge in [0.25, 0.3) is 0 Å². The van der Waals surface area contributed by atoms with Gasteiger partial charge in [0.1, 0.15) is 36.9 Å². The molecule has 3 rings (SSSR count). The molecule has 0 radical (unpaired) electrons. The van der Waals surface area contributed by atoms with Gasteiger partial charge in [0.2, 0.25) is 0 Å². The van der Waals surface area contributed by atoms with Gasteiger partial charge in [-0.15, -0.1) is 0 Å². The highest BCUT2D eigenvalue weighted by atomic mass is 16.5. The molecule has 0 aliphatic rings. The molecule has 7 nitrogen and oxygen atoms in total. The molecular formula is C28H33NO6. The van der Waals surface area contributed by atoms with Crippen molar-refractivity contribution < 1.29 is 29.6 Å². The van der Waals surface area contributed by atoms with Gasteiger partial charge in [-0.1, -0.05) is 48.5 Å². The van der Waals surface area contributed by atoms with Crippen LogP contribution in [0.15, 0.2) is 84.9 Å². The average Bonchev–Trinajstić information content (AvgIpc) is 2.87. The standard InChI is InChI=1S/C28H33NO6/c1-21(16-22-12-14-23(15-13-22)28(32)33)29(17-24(30)19-34-26-8-4-2-5-9-26)18-25(31)20-35-27-10-6-3-7-11-27/h2-15,21,24-25,30-31H,16-20H2,1H3,(H,32,33)/t21-,24-,25-/m1/s1. The molecule has 3 atom stereocenters. The number of hydrogen-bond acceptors (Lipinski definition) is 6. The summed E-state index contributed by atoms with van der Waals surface area (Å²) in [7, 11) is 0. The summed E-state index contributed by atoms with van der Waals surface area (Å²) in [5.74, 6) is 0.399. The van der Waals surface area contributed by atoms with E-state index in [1.54, 1.807) is 24.3 Å². The maximum atomic E-state index is 11.1. The van der Waals surface area contributed by atoms with Crippen LogP contribution in [-0.4, -0.2) is 70.7 Å². The number of aliphatic hydroxyl groups excluding tert-OH is 2. The van der Waals surface area contributed by atoms with Crippen LogP contribution < -0.4 is 9.47 Å². The highest BCUT2D eigenvalue weighted by Crippen LogP contribution is 2.15. The lowest BCUT2D eigenvalue weighted by atomic mass is 10.0. The summed E-state index contributed by atoms with van der Waals surface area (Å²) in [6, 6.07) is 25.3. The molecule has 0 saturated carbocycles. The molecule has 0 amide bonds. The minimum Gasteiger partial charge on any atom is -0.491 e. The fraction of sp³-hybridized carbons (Fsp3) is 0.321. The molecule has 186 valence electrons. The lowest BCUT2D eigenvalue weighted by molar-refractivity contribution is 0.0167. The van der Waals surface area contributed by atoms with E-state index in [9.17, 15) is 15.0 Å². The van der Waals surface area contributed by atoms with Crippen molar-refractivity contribution in [1.82, 2.24) is 4.90 Å². The molecule has 3 aromatic carbocycles. The van der Waals surface area contributed by atoms with Gasteiger partial charge in [0, 0.05) is 19.1 Å². The van der Waals surface area contributed by atoms with Crippen LogP contribution in [0.1, 0.15) is 22.8 Å². The number of aliphatic hydroxyl groups is 2. The Morgan fingerprint density at radius 1 is 0.771 bits per heavy atom. The van der Waals surface area contributed by atoms with E-state index < -0.39 is 18.2 Å². The van der Waals surface area contributed by atoms with Crippen LogP contribution in [0.2, 0.25) is 0 Å². The molecular weight excluding hydrogens is 446 g/mol. The molecule has 0 bridgehead atoms. The number of hydrogen-bond donors (Lipinski definition) is 3. The Labute approximate surface area is 206 Å². The SMILES string of the molecule is C[C@H](Cc1ccc(C(=O)O)cc1)N(C[C@@H](O)COc1ccccc1)C[C@@H](O)COc1ccccc1. The fourth-order valence-electron chi connectivity index (χ4n) is 3.75. The maximum absolute atomic E-state index is 11.1. The van der Waals surface area contributed by atoms with Gasteiger partial charge in [0.15, 0.2) is 0 Å². The Hall–Kier alpha value is -3.39. The number of ether oxygens (including phenoxy) is 2. The first-order chi connectivity index (χ1) is 16.9. The topological polar surface area (TPSA) is 99.5 Å². The molecule has 3 aromatic rings. The second kappa shape index (κ2) is 13.5. The number of benzene rings is 3. The predicted molar refractivity (Wildman–Crippen MR) is 134 cm³/mol. The summed E-state index contributed by atoms with van der Waals surface area (Å²) in [5.41, 5.74) is 1.21. The summed E-state index contributed by atoms with van der Waals surface area (Å²) in [4.78, 5) is 13.1. The Bertz CT molecular complexity index is 961. The number of aromatic carboxylic acids is 1. The monoisotopic (exact) mass is 479 g/mol. The molecule has 0 spiro atoms. The smallest absolute Gasteiger partial charge is 0.335 e. The second-order valence-corrected chi connectivity index (χ2v) is 8.56. The van der Waals surface area contributed by atoms with Crippen molar-refractivity contribution in [2.24, 2.45) is 0 Å². The molecule has 35 heavy (non-hydrogen) atoms. The van der Waals surface area contributed by atoms with Gasteiger partial charge in [-0.25, -0.2) is 4.79 Å². The van der Waals surface area contributed by atoms with Crippen LogP contribution in [0.5, 0.6) is 11.5 Å². The number of nitrogens with zero attached hydrogens (tertiary/aromatic N) is 1. The van der Waals surface area contributed by atoms with E-state index in [1.807, 2.05) is 72.5 Å². The van der Waals surface area contributed by atoms with E-state index in [-0.39, 0.29) is 24.8 Å². The zero-order valence-corrected chi connectivity index (χ0v) is 19.9. The predicted octanol–water partition coefficient (Wildman–Crippen LogP) is 3.50. The van der Waals surface area contributed by atoms with Gasteiger partial charge in [-0.2, -0.15) is 0 Å². The summed E-state index contributed by atoms with van der Waals surface area (Å²) < 4.78 is 11.4. The van der Waals surface area contributed by atoms with Crippen LogP contribution in [0.4, 0.5) is 0 Å². The van der Waals surface area contributed by atoms with Crippen molar-refractivity contribution >= 4 is 5.97 Å². The summed E-state index contributed by atoms with van der Waals surface area (Å²) in [5, 5.41) is 30.5. The third-order valence-electron chi connectivity index (χ3n) is 5.62. The third-order valence-corrected chi connectivity index (χ3v) is 5.62. The lowest BCUT2D eigenvalue weighted by Crippen LogP contribution is -2.46. The third kappa shape index (κ3) is 9.05. The number of carboxylic acid groups (broad SMARTS) is 1. The largest absolute Gasteiger partial charge is 0.491 e. The Balaban J connectivity index is 1.61. The molecule has 0 heterocycles. The van der Waals surface area contributed by atoms with Crippen LogP contribution in [0, 0.1) is 0 Å². The van der Waals surface area contributed by atoms with E-state index in [0.29, 0.717) is 31.0 Å². The van der Waals surface area contributed by atoms with Gasteiger partial charge >= 0.3 is 5.97 Å². The second-order valence-electron chi connectivity index (χ2n) is 8.56. The highest BCUT2D eigenvalue weighted by Gasteiger charge is 2.22. The summed E-state index contributed by atoms with van der Waals surface area (Å²) >= 11 is 0. The van der Waals surface area contributed by atoms with Crippen molar-refractivity contribution in [3.8, 4) is 11.5 Å². The van der Waals surface area contributed by atoms with E-state index in [1.165, 1.54) is 0 Å². The molecule has 0 fully saturated rings. The zero-order valence-electron chi connectivity index (χ0n) is 19.9. The molecule has 0 aliphatic heterocycles. The van der Waals surface area contributed by atoms with E-state index in [2.05, 4.69) is 0 Å². The first-order valence-corrected chi connectivity index (χ1v) is 11.7. The Morgan fingerprint density at radius 3 is 1.66 bits per heavy atom. The lowest BCUT2D eigenvalue weighted by Gasteiger charge is -2.32. The van der Waals surface area contributed by atoms with Gasteiger partial charge in [0.05, 0.1) is 5.56 Å². The first-order valence-electron chi connectivity index (χ1n) is 11.7. The molecule has 0 aliphatic carbocycles. The van der Waals surface area contributed by atoms with E-state index >= 15 is 0 Å². The van der Waals surface area contributed by atoms with Gasteiger partial charge < -0.3 is 24.8 Å². The van der Waals surface area contributed by atoms with E-state index in [4.69, 9.17) is 14.6 Å². The Morgan fingerprint density at radius 2 is 1.23 bits per heavy atom. The van der Waals surface area contributed by atoms with Crippen molar-refractivity contribution in [2.45, 2.75) is 31.6 Å². The maximum Gasteiger partial charge on any atom is 0.335 e. The molecule has 7 heteroatoms. The average molecular weight is 480 g/mol. The Kier molecular flexibility index (Phi) is 10.1. The molecule has 3 N–H and O–H groups in total. The van der Waals surface area contributed by atoms with Gasteiger partial charge in [-0.05, 0) is 55.3 Å².